The summed E-state index contributed by atoms with van der Waals surface area (Å²) in [5, 5.41) is 12.5. The van der Waals surface area contributed by atoms with Gasteiger partial charge in [0.2, 0.25) is 5.91 Å². The minimum absolute atomic E-state index is 0.169. The third kappa shape index (κ3) is 3.29. The molecule has 3 nitrogen and oxygen atoms in total. The number of nitrogens with zero attached hydrogens (tertiary/aromatic N) is 1. The molecule has 7 heteroatoms. The predicted octanol–water partition coefficient (Wildman–Crippen LogP) is 4.31. The van der Waals surface area contributed by atoms with Crippen molar-refractivity contribution in [1.82, 2.24) is 0 Å². The van der Waals surface area contributed by atoms with Crippen LogP contribution in [0.25, 0.3) is 0 Å². The molecule has 0 radical (unpaired) electrons. The van der Waals surface area contributed by atoms with Crippen molar-refractivity contribution in [3.63, 3.8) is 0 Å². The highest BCUT2D eigenvalue weighted by molar-refractivity contribution is 7.16. The average Bonchev–Trinajstić information content (AvgIpc) is 3.06. The standard InChI is InChI=1S/C17H13F3N2OS/c18-17(19,20)11-4-1-3-10(7-11)8-15(23)22-16-13(9-21)12-5-2-6-14(12)24-16/h1,3-4,7H,2,5-6,8H2,(H,22,23). The van der Waals surface area contributed by atoms with Gasteiger partial charge in [-0.3, -0.25) is 4.79 Å². The molecular formula is C17H13F3N2OS. The van der Waals surface area contributed by atoms with E-state index in [-0.39, 0.29) is 12.0 Å². The summed E-state index contributed by atoms with van der Waals surface area (Å²) in [6, 6.07) is 6.83. The molecule has 0 spiro atoms. The maximum absolute atomic E-state index is 12.7. The predicted molar refractivity (Wildman–Crippen MR) is 84.8 cm³/mol. The molecule has 0 bridgehead atoms. The number of hydrogen-bond acceptors (Lipinski definition) is 3. The van der Waals surface area contributed by atoms with Gasteiger partial charge in [0.1, 0.15) is 11.1 Å². The smallest absolute Gasteiger partial charge is 0.316 e. The molecular weight excluding hydrogens is 337 g/mol. The third-order valence-electron chi connectivity index (χ3n) is 3.91. The monoisotopic (exact) mass is 350 g/mol. The number of aryl methyl sites for hydroxylation is 1. The molecule has 1 N–H and O–H groups in total. The molecule has 0 atom stereocenters. The number of halogens is 3. The second-order valence-corrected chi connectivity index (χ2v) is 6.70. The van der Waals surface area contributed by atoms with E-state index in [2.05, 4.69) is 11.4 Å². The summed E-state index contributed by atoms with van der Waals surface area (Å²) in [4.78, 5) is 13.3. The average molecular weight is 350 g/mol. The van der Waals surface area contributed by atoms with Crippen molar-refractivity contribution in [3.8, 4) is 6.07 Å². The quantitative estimate of drug-likeness (QED) is 0.897. The lowest BCUT2D eigenvalue weighted by Gasteiger charge is -2.09. The summed E-state index contributed by atoms with van der Waals surface area (Å²) in [5.41, 5.74) is 0.993. The van der Waals surface area contributed by atoms with Gasteiger partial charge < -0.3 is 5.32 Å². The van der Waals surface area contributed by atoms with E-state index in [9.17, 15) is 23.2 Å². The zero-order valence-corrected chi connectivity index (χ0v) is 13.4. The third-order valence-corrected chi connectivity index (χ3v) is 5.11. The number of hydrogen-bond donors (Lipinski definition) is 1. The van der Waals surface area contributed by atoms with E-state index in [4.69, 9.17) is 0 Å². The first-order valence-electron chi connectivity index (χ1n) is 7.39. The molecule has 0 unspecified atom stereocenters. The van der Waals surface area contributed by atoms with Gasteiger partial charge in [0.15, 0.2) is 0 Å². The highest BCUT2D eigenvalue weighted by Gasteiger charge is 2.30. The van der Waals surface area contributed by atoms with Crippen molar-refractivity contribution in [2.24, 2.45) is 0 Å². The van der Waals surface area contributed by atoms with E-state index in [0.717, 1.165) is 41.8 Å². The van der Waals surface area contributed by atoms with Crippen molar-refractivity contribution in [3.05, 3.63) is 51.4 Å². The highest BCUT2D eigenvalue weighted by Crippen LogP contribution is 2.38. The van der Waals surface area contributed by atoms with Crippen LogP contribution in [0.1, 0.15) is 33.6 Å². The minimum Gasteiger partial charge on any atom is -0.316 e. The van der Waals surface area contributed by atoms with Crippen molar-refractivity contribution in [1.29, 1.82) is 5.26 Å². The van der Waals surface area contributed by atoms with Crippen molar-refractivity contribution < 1.29 is 18.0 Å². The van der Waals surface area contributed by atoms with E-state index in [0.29, 0.717) is 10.6 Å². The molecule has 0 saturated heterocycles. The molecule has 1 amide bonds. The van der Waals surface area contributed by atoms with E-state index in [1.54, 1.807) is 0 Å². The molecule has 0 aliphatic heterocycles. The van der Waals surface area contributed by atoms with Gasteiger partial charge in [-0.1, -0.05) is 18.2 Å². The van der Waals surface area contributed by atoms with E-state index >= 15 is 0 Å². The second-order valence-electron chi connectivity index (χ2n) is 5.60. The van der Waals surface area contributed by atoms with E-state index in [1.165, 1.54) is 23.5 Å². The summed E-state index contributed by atoms with van der Waals surface area (Å²) in [6.07, 6.45) is -1.86. The fourth-order valence-corrected chi connectivity index (χ4v) is 4.08. The zero-order chi connectivity index (χ0) is 17.3. The van der Waals surface area contributed by atoms with Gasteiger partial charge >= 0.3 is 6.18 Å². The van der Waals surface area contributed by atoms with Gasteiger partial charge in [-0.25, -0.2) is 0 Å². The van der Waals surface area contributed by atoms with Crippen LogP contribution in [0.4, 0.5) is 18.2 Å². The minimum atomic E-state index is -4.44. The number of thiophene rings is 1. The number of rotatable bonds is 3. The Morgan fingerprint density at radius 2 is 2.12 bits per heavy atom. The Labute approximate surface area is 140 Å². The van der Waals surface area contributed by atoms with E-state index in [1.807, 2.05) is 0 Å². The topological polar surface area (TPSA) is 52.9 Å². The first-order chi connectivity index (χ1) is 11.4. The molecule has 3 rings (SSSR count). The summed E-state index contributed by atoms with van der Waals surface area (Å²) >= 11 is 1.39. The number of carbonyl (C=O) groups is 1. The van der Waals surface area contributed by atoms with Gasteiger partial charge in [-0.05, 0) is 36.5 Å². The Morgan fingerprint density at radius 1 is 1.33 bits per heavy atom. The molecule has 1 aliphatic rings. The Morgan fingerprint density at radius 3 is 2.83 bits per heavy atom. The number of alkyl halides is 3. The van der Waals surface area contributed by atoms with Crippen molar-refractivity contribution in [2.75, 3.05) is 5.32 Å². The van der Waals surface area contributed by atoms with Crippen LogP contribution in [0.15, 0.2) is 24.3 Å². The van der Waals surface area contributed by atoms with Crippen LogP contribution in [0, 0.1) is 11.3 Å². The fraction of sp³-hybridized carbons (Fsp3) is 0.294. The molecule has 1 aliphatic carbocycles. The fourth-order valence-electron chi connectivity index (χ4n) is 2.82. The zero-order valence-electron chi connectivity index (χ0n) is 12.5. The van der Waals surface area contributed by atoms with Crippen LogP contribution in [0.2, 0.25) is 0 Å². The Kier molecular flexibility index (Phi) is 4.33. The van der Waals surface area contributed by atoms with Crippen LogP contribution in [-0.4, -0.2) is 5.91 Å². The maximum Gasteiger partial charge on any atom is 0.416 e. The van der Waals surface area contributed by atoms with Gasteiger partial charge in [-0.15, -0.1) is 11.3 Å². The first-order valence-corrected chi connectivity index (χ1v) is 8.21. The molecule has 24 heavy (non-hydrogen) atoms. The summed E-state index contributed by atoms with van der Waals surface area (Å²) in [5.74, 6) is -0.425. The SMILES string of the molecule is N#Cc1c(NC(=O)Cc2cccc(C(F)(F)F)c2)sc2c1CCC2. The number of amides is 1. The largest absolute Gasteiger partial charge is 0.416 e. The van der Waals surface area contributed by atoms with E-state index < -0.39 is 17.6 Å². The number of nitrogens with one attached hydrogen (secondary N) is 1. The molecule has 1 aromatic heterocycles. The number of fused-ring (bicyclic) bond motifs is 1. The number of carbonyl (C=O) groups excluding carboxylic acids is 1. The normalized spacial score (nSPS) is 13.4. The molecule has 2 aromatic rings. The number of anilines is 1. The van der Waals surface area contributed by atoms with Crippen LogP contribution >= 0.6 is 11.3 Å². The van der Waals surface area contributed by atoms with Crippen LogP contribution in [0.5, 0.6) is 0 Å². The van der Waals surface area contributed by atoms with Gasteiger partial charge in [-0.2, -0.15) is 18.4 Å². The molecule has 0 saturated carbocycles. The van der Waals surface area contributed by atoms with Crippen molar-refractivity contribution >= 4 is 22.2 Å². The van der Waals surface area contributed by atoms with Crippen LogP contribution < -0.4 is 5.32 Å². The Bertz CT molecular complexity index is 833. The van der Waals surface area contributed by atoms with Crippen LogP contribution in [0.3, 0.4) is 0 Å². The van der Waals surface area contributed by atoms with Crippen molar-refractivity contribution in [2.45, 2.75) is 31.9 Å². The molecule has 1 heterocycles. The second kappa shape index (κ2) is 6.29. The molecule has 124 valence electrons. The maximum atomic E-state index is 12.7. The summed E-state index contributed by atoms with van der Waals surface area (Å²) in [6.45, 7) is 0. The van der Waals surface area contributed by atoms with Gasteiger partial charge in [0, 0.05) is 4.88 Å². The Hall–Kier alpha value is -2.33. The first kappa shape index (κ1) is 16.5. The lowest BCUT2D eigenvalue weighted by atomic mass is 10.1. The highest BCUT2D eigenvalue weighted by atomic mass is 32.1. The summed E-state index contributed by atoms with van der Waals surface area (Å²) in [7, 11) is 0. The lowest BCUT2D eigenvalue weighted by Crippen LogP contribution is -2.15. The Balaban J connectivity index is 1.74. The van der Waals surface area contributed by atoms with Gasteiger partial charge in [0.25, 0.3) is 0 Å². The van der Waals surface area contributed by atoms with Gasteiger partial charge in [0.05, 0.1) is 17.5 Å². The lowest BCUT2D eigenvalue weighted by molar-refractivity contribution is -0.137. The molecule has 1 aromatic carbocycles. The number of benzene rings is 1. The molecule has 0 fully saturated rings. The summed E-state index contributed by atoms with van der Waals surface area (Å²) < 4.78 is 38.1. The number of nitriles is 1. The van der Waals surface area contributed by atoms with Crippen LogP contribution in [-0.2, 0) is 30.2 Å².